The van der Waals surface area contributed by atoms with Crippen molar-refractivity contribution in [2.45, 2.75) is 44.1 Å². The molecular weight excluding hydrogens is 380 g/mol. The number of nitrogens with one attached hydrogen (secondary N) is 1. The van der Waals surface area contributed by atoms with E-state index >= 15 is 0 Å². The van der Waals surface area contributed by atoms with E-state index in [2.05, 4.69) is 25.5 Å². The number of hydrogen-bond acceptors (Lipinski definition) is 6. The maximum Gasteiger partial charge on any atom is 0.259 e. The number of amides is 1. The van der Waals surface area contributed by atoms with E-state index in [-0.39, 0.29) is 11.9 Å². The minimum atomic E-state index is -0.258. The Morgan fingerprint density at radius 1 is 1.13 bits per heavy atom. The summed E-state index contributed by atoms with van der Waals surface area (Å²) < 4.78 is 7.21. The first-order valence-electron chi connectivity index (χ1n) is 10.3. The Hall–Kier alpha value is -3.55. The summed E-state index contributed by atoms with van der Waals surface area (Å²) in [6.45, 7) is 0.590. The summed E-state index contributed by atoms with van der Waals surface area (Å²) in [4.78, 5) is 22.1. The maximum absolute atomic E-state index is 13.2. The predicted octanol–water partition coefficient (Wildman–Crippen LogP) is 3.87. The number of anilines is 1. The lowest BCUT2D eigenvalue weighted by molar-refractivity contribution is 0.102. The Bertz CT molecular complexity index is 1240. The van der Waals surface area contributed by atoms with Crippen LogP contribution < -0.4 is 5.32 Å². The second kappa shape index (κ2) is 6.76. The Morgan fingerprint density at radius 3 is 2.70 bits per heavy atom. The molecule has 0 bridgehead atoms. The second-order valence-electron chi connectivity index (χ2n) is 8.10. The van der Waals surface area contributed by atoms with Crippen molar-refractivity contribution in [3.8, 4) is 0 Å². The molecule has 8 heteroatoms. The van der Waals surface area contributed by atoms with Crippen LogP contribution in [0.5, 0.6) is 0 Å². The fourth-order valence-electron chi connectivity index (χ4n) is 3.76. The Labute approximate surface area is 172 Å². The molecule has 0 spiro atoms. The molecule has 4 aromatic rings. The van der Waals surface area contributed by atoms with Gasteiger partial charge in [-0.2, -0.15) is 0 Å². The summed E-state index contributed by atoms with van der Waals surface area (Å²) in [6.07, 6.45) is 5.94. The van der Waals surface area contributed by atoms with E-state index in [1.165, 1.54) is 0 Å². The van der Waals surface area contributed by atoms with Crippen LogP contribution in [-0.2, 0) is 6.54 Å². The van der Waals surface area contributed by atoms with Crippen molar-refractivity contribution in [2.75, 3.05) is 5.32 Å². The fourth-order valence-corrected chi connectivity index (χ4v) is 3.76. The van der Waals surface area contributed by atoms with Gasteiger partial charge < -0.3 is 4.52 Å². The van der Waals surface area contributed by atoms with Gasteiger partial charge in [0.2, 0.25) is 5.95 Å². The molecule has 6 rings (SSSR count). The van der Waals surface area contributed by atoms with Crippen LogP contribution in [0.15, 0.2) is 47.2 Å². The number of pyridine rings is 1. The van der Waals surface area contributed by atoms with Crippen molar-refractivity contribution in [1.82, 2.24) is 24.9 Å². The highest BCUT2D eigenvalue weighted by Crippen LogP contribution is 2.45. The van der Waals surface area contributed by atoms with Crippen LogP contribution in [0.2, 0.25) is 0 Å². The molecule has 0 unspecified atom stereocenters. The summed E-state index contributed by atoms with van der Waals surface area (Å²) in [5, 5.41) is 12.2. The first-order chi connectivity index (χ1) is 14.7. The summed E-state index contributed by atoms with van der Waals surface area (Å²) in [6, 6.07) is 11.9. The van der Waals surface area contributed by atoms with Gasteiger partial charge in [-0.15, -0.1) is 5.10 Å². The quantitative estimate of drug-likeness (QED) is 0.527. The van der Waals surface area contributed by atoms with E-state index in [0.29, 0.717) is 29.7 Å². The molecule has 2 saturated carbocycles. The summed E-state index contributed by atoms with van der Waals surface area (Å²) in [5.41, 5.74) is 3.85. The van der Waals surface area contributed by atoms with Crippen molar-refractivity contribution in [3.05, 3.63) is 65.2 Å². The van der Waals surface area contributed by atoms with Crippen molar-refractivity contribution in [1.29, 1.82) is 0 Å². The number of carbonyl (C=O) groups excluding carboxylic acids is 1. The number of rotatable bonds is 6. The molecule has 2 aliphatic carbocycles. The minimum absolute atomic E-state index is 0.258. The lowest BCUT2D eigenvalue weighted by Crippen LogP contribution is -2.15. The molecule has 8 nitrogen and oxygen atoms in total. The van der Waals surface area contributed by atoms with E-state index in [1.807, 2.05) is 36.4 Å². The molecule has 0 saturated heterocycles. The number of aromatic nitrogens is 5. The number of fused-ring (bicyclic) bond motifs is 1. The molecular formula is C22H20N6O2. The highest BCUT2D eigenvalue weighted by Gasteiger charge is 2.34. The third kappa shape index (κ3) is 3.24. The highest BCUT2D eigenvalue weighted by molar-refractivity contribution is 6.12. The molecule has 1 aromatic carbocycles. The van der Waals surface area contributed by atoms with Crippen LogP contribution in [-0.4, -0.2) is 30.8 Å². The molecule has 3 aromatic heterocycles. The molecule has 0 aliphatic heterocycles. The van der Waals surface area contributed by atoms with E-state index in [1.54, 1.807) is 11.0 Å². The monoisotopic (exact) mass is 400 g/mol. The van der Waals surface area contributed by atoms with Crippen LogP contribution in [0, 0.1) is 0 Å². The lowest BCUT2D eigenvalue weighted by atomic mass is 10.1. The van der Waals surface area contributed by atoms with Gasteiger partial charge in [-0.1, -0.05) is 35.5 Å². The third-order valence-corrected chi connectivity index (χ3v) is 5.65. The van der Waals surface area contributed by atoms with Gasteiger partial charge in [0, 0.05) is 17.5 Å². The molecule has 1 amide bonds. The standard InChI is InChI=1S/C22H20N6O2/c29-20(25-22-23-12-28(26-22)11-13-4-2-1-3-5-13)16-10-17(14-6-7-14)24-21-18(16)19(27-30-21)15-8-9-15/h1-5,10,12,14-15H,6-9,11H2,(H,25,26,29). The van der Waals surface area contributed by atoms with Crippen LogP contribution in [0.4, 0.5) is 5.95 Å². The summed E-state index contributed by atoms with van der Waals surface area (Å²) >= 11 is 0. The van der Waals surface area contributed by atoms with Gasteiger partial charge in [-0.25, -0.2) is 14.6 Å². The Kier molecular flexibility index (Phi) is 3.90. The number of benzene rings is 1. The number of hydrogen-bond donors (Lipinski definition) is 1. The fraction of sp³-hybridized carbons (Fsp3) is 0.318. The highest BCUT2D eigenvalue weighted by atomic mass is 16.5. The minimum Gasteiger partial charge on any atom is -0.335 e. The number of nitrogens with zero attached hydrogens (tertiary/aromatic N) is 5. The van der Waals surface area contributed by atoms with Gasteiger partial charge in [-0.05, 0) is 37.3 Å². The molecule has 2 fully saturated rings. The van der Waals surface area contributed by atoms with Crippen LogP contribution in [0.25, 0.3) is 11.1 Å². The van der Waals surface area contributed by atoms with E-state index < -0.39 is 0 Å². The molecule has 0 atom stereocenters. The zero-order valence-electron chi connectivity index (χ0n) is 16.3. The van der Waals surface area contributed by atoms with Crippen LogP contribution >= 0.6 is 0 Å². The topological polar surface area (TPSA) is 98.7 Å². The Balaban J connectivity index is 1.30. The molecule has 30 heavy (non-hydrogen) atoms. The molecule has 150 valence electrons. The predicted molar refractivity (Wildman–Crippen MR) is 109 cm³/mol. The largest absolute Gasteiger partial charge is 0.335 e. The zero-order valence-corrected chi connectivity index (χ0v) is 16.3. The van der Waals surface area contributed by atoms with Gasteiger partial charge in [0.25, 0.3) is 11.6 Å². The van der Waals surface area contributed by atoms with Crippen LogP contribution in [0.1, 0.15) is 64.8 Å². The number of carbonyl (C=O) groups is 1. The SMILES string of the molecule is O=C(Nc1ncn(Cc2ccccc2)n1)c1cc(C2CC2)nc2onc(C3CC3)c12. The average Bonchev–Trinajstić information content (AvgIpc) is 3.69. The smallest absolute Gasteiger partial charge is 0.259 e. The van der Waals surface area contributed by atoms with Crippen LogP contribution in [0.3, 0.4) is 0 Å². The maximum atomic E-state index is 13.2. The van der Waals surface area contributed by atoms with Gasteiger partial charge >= 0.3 is 0 Å². The third-order valence-electron chi connectivity index (χ3n) is 5.65. The van der Waals surface area contributed by atoms with E-state index in [4.69, 9.17) is 4.52 Å². The lowest BCUT2D eigenvalue weighted by Gasteiger charge is -2.06. The molecule has 1 N–H and O–H groups in total. The van der Waals surface area contributed by atoms with Gasteiger partial charge in [0.15, 0.2) is 0 Å². The molecule has 2 aliphatic rings. The van der Waals surface area contributed by atoms with Gasteiger partial charge in [0.1, 0.15) is 6.33 Å². The van der Waals surface area contributed by atoms with E-state index in [0.717, 1.165) is 48.0 Å². The second-order valence-corrected chi connectivity index (χ2v) is 8.10. The van der Waals surface area contributed by atoms with E-state index in [9.17, 15) is 4.79 Å². The first kappa shape index (κ1) is 17.3. The van der Waals surface area contributed by atoms with Crippen molar-refractivity contribution in [3.63, 3.8) is 0 Å². The van der Waals surface area contributed by atoms with Crippen molar-refractivity contribution in [2.24, 2.45) is 0 Å². The molecule has 3 heterocycles. The molecule has 0 radical (unpaired) electrons. The average molecular weight is 400 g/mol. The van der Waals surface area contributed by atoms with Gasteiger partial charge in [0.05, 0.1) is 23.2 Å². The van der Waals surface area contributed by atoms with Crippen molar-refractivity contribution < 1.29 is 9.32 Å². The first-order valence-corrected chi connectivity index (χ1v) is 10.3. The summed E-state index contributed by atoms with van der Waals surface area (Å²) in [7, 11) is 0. The normalized spacial score (nSPS) is 16.1. The van der Waals surface area contributed by atoms with Crippen molar-refractivity contribution >= 4 is 23.0 Å². The van der Waals surface area contributed by atoms with Gasteiger partial charge in [-0.3, -0.25) is 10.1 Å². The summed E-state index contributed by atoms with van der Waals surface area (Å²) in [5.74, 6) is 0.776. The zero-order chi connectivity index (χ0) is 20.1. The Morgan fingerprint density at radius 2 is 1.93 bits per heavy atom.